The number of H-pyrrole nitrogens is 1. The summed E-state index contributed by atoms with van der Waals surface area (Å²) >= 11 is 0. The summed E-state index contributed by atoms with van der Waals surface area (Å²) in [5.41, 5.74) is 0.441. The van der Waals surface area contributed by atoms with Crippen molar-refractivity contribution in [2.45, 2.75) is 45.3 Å². The van der Waals surface area contributed by atoms with Crippen molar-refractivity contribution in [3.8, 4) is 0 Å². The van der Waals surface area contributed by atoms with E-state index < -0.39 is 17.7 Å². The lowest BCUT2D eigenvalue weighted by molar-refractivity contribution is -0.128. The molecule has 0 fully saturated rings. The number of aromatic amines is 1. The second-order valence-electron chi connectivity index (χ2n) is 6.76. The Morgan fingerprint density at radius 1 is 1.27 bits per heavy atom. The molecule has 8 heteroatoms. The molecule has 26 heavy (non-hydrogen) atoms. The molecular formula is C18H24N4O4. The first kappa shape index (κ1) is 19.4. The van der Waals surface area contributed by atoms with Gasteiger partial charge in [0.25, 0.3) is 6.47 Å². The first-order valence-corrected chi connectivity index (χ1v) is 8.37. The summed E-state index contributed by atoms with van der Waals surface area (Å²) in [5.74, 6) is 1.09. The van der Waals surface area contributed by atoms with Crippen LogP contribution in [0, 0.1) is 0 Å². The number of benzene rings is 1. The van der Waals surface area contributed by atoms with E-state index in [2.05, 4.69) is 25.2 Å². The van der Waals surface area contributed by atoms with Crippen LogP contribution in [0.15, 0.2) is 30.3 Å². The number of hydrogen-bond donors (Lipinski definition) is 2. The first-order valence-electron chi connectivity index (χ1n) is 8.37. The third kappa shape index (κ3) is 6.54. The van der Waals surface area contributed by atoms with Gasteiger partial charge in [-0.1, -0.05) is 30.3 Å². The van der Waals surface area contributed by atoms with Crippen LogP contribution in [0.4, 0.5) is 4.79 Å². The van der Waals surface area contributed by atoms with E-state index in [0.29, 0.717) is 31.0 Å². The number of rotatable bonds is 8. The van der Waals surface area contributed by atoms with Crippen LogP contribution in [-0.4, -0.2) is 40.0 Å². The molecule has 1 aromatic carbocycles. The zero-order chi connectivity index (χ0) is 19.0. The highest BCUT2D eigenvalue weighted by atomic mass is 16.6. The third-order valence-electron chi connectivity index (χ3n) is 3.38. The minimum atomic E-state index is -0.597. The van der Waals surface area contributed by atoms with E-state index in [4.69, 9.17) is 4.74 Å². The second-order valence-corrected chi connectivity index (χ2v) is 6.76. The maximum Gasteiger partial charge on any atom is 0.408 e. The lowest BCUT2D eigenvalue weighted by Crippen LogP contribution is -2.36. The average molecular weight is 360 g/mol. The fraction of sp³-hybridized carbons (Fsp3) is 0.444. The Morgan fingerprint density at radius 2 is 2.00 bits per heavy atom. The van der Waals surface area contributed by atoms with Gasteiger partial charge in [0.2, 0.25) is 0 Å². The summed E-state index contributed by atoms with van der Waals surface area (Å²) in [6.45, 7) is 6.01. The van der Waals surface area contributed by atoms with Gasteiger partial charge in [0, 0.05) is 12.8 Å². The van der Waals surface area contributed by atoms with Gasteiger partial charge in [-0.15, -0.1) is 10.2 Å². The summed E-state index contributed by atoms with van der Waals surface area (Å²) in [5, 5.41) is 11.0. The van der Waals surface area contributed by atoms with Crippen molar-refractivity contribution in [1.29, 1.82) is 0 Å². The van der Waals surface area contributed by atoms with Crippen LogP contribution in [0.3, 0.4) is 0 Å². The van der Waals surface area contributed by atoms with Gasteiger partial charge in [-0.3, -0.25) is 4.79 Å². The molecule has 140 valence electrons. The number of nitrogens with one attached hydrogen (secondary N) is 2. The van der Waals surface area contributed by atoms with E-state index in [1.54, 1.807) is 20.8 Å². The molecule has 8 nitrogen and oxygen atoms in total. The number of alkyl carbamates (subject to hydrolysis) is 1. The molecule has 2 rings (SSSR count). The zero-order valence-corrected chi connectivity index (χ0v) is 15.2. The molecule has 1 aromatic heterocycles. The maximum absolute atomic E-state index is 12.2. The van der Waals surface area contributed by atoms with Crippen LogP contribution in [0.5, 0.6) is 0 Å². The summed E-state index contributed by atoms with van der Waals surface area (Å²) < 4.78 is 10.0. The van der Waals surface area contributed by atoms with Gasteiger partial charge in [0.05, 0.1) is 12.6 Å². The largest absolute Gasteiger partial charge is 0.467 e. The highest BCUT2D eigenvalue weighted by Crippen LogP contribution is 2.17. The molecule has 1 amide bonds. The molecule has 2 N–H and O–H groups in total. The molecule has 0 aliphatic rings. The highest BCUT2D eigenvalue weighted by Gasteiger charge is 2.23. The molecule has 2 aromatic rings. The topological polar surface area (TPSA) is 106 Å². The zero-order valence-electron chi connectivity index (χ0n) is 15.2. The van der Waals surface area contributed by atoms with Crippen molar-refractivity contribution in [1.82, 2.24) is 20.5 Å². The lowest BCUT2D eigenvalue weighted by Gasteiger charge is -2.22. The molecule has 1 unspecified atom stereocenters. The Hall–Kier alpha value is -2.90. The number of aromatic nitrogens is 3. The maximum atomic E-state index is 12.2. The molecule has 1 atom stereocenters. The average Bonchev–Trinajstić information content (AvgIpc) is 3.03. The van der Waals surface area contributed by atoms with Crippen molar-refractivity contribution in [3.63, 3.8) is 0 Å². The molecule has 0 saturated heterocycles. The number of hydrogen-bond acceptors (Lipinski definition) is 6. The van der Waals surface area contributed by atoms with E-state index in [-0.39, 0.29) is 6.61 Å². The number of nitrogens with zero attached hydrogens (tertiary/aromatic N) is 2. The van der Waals surface area contributed by atoms with Gasteiger partial charge in [-0.05, 0) is 26.3 Å². The molecule has 0 radical (unpaired) electrons. The Balaban J connectivity index is 2.11. The predicted octanol–water partition coefficient (Wildman–Crippen LogP) is 2.33. The molecule has 0 bridgehead atoms. The Morgan fingerprint density at radius 3 is 2.65 bits per heavy atom. The van der Waals surface area contributed by atoms with E-state index in [1.807, 2.05) is 30.3 Å². The van der Waals surface area contributed by atoms with Crippen molar-refractivity contribution in [3.05, 3.63) is 47.5 Å². The van der Waals surface area contributed by atoms with Crippen molar-refractivity contribution in [2.75, 3.05) is 6.61 Å². The molecule has 1 heterocycles. The SMILES string of the molecule is CC(C)(C)OC(=O)NC(Cc1ccccc1)c1nnc(CCOC=O)[nH]1. The normalized spacial score (nSPS) is 12.3. The van der Waals surface area contributed by atoms with Crippen molar-refractivity contribution in [2.24, 2.45) is 0 Å². The van der Waals surface area contributed by atoms with Gasteiger partial charge in [-0.25, -0.2) is 4.79 Å². The Labute approximate surface area is 152 Å². The van der Waals surface area contributed by atoms with E-state index >= 15 is 0 Å². The van der Waals surface area contributed by atoms with E-state index in [1.165, 1.54) is 0 Å². The minimum Gasteiger partial charge on any atom is -0.467 e. The predicted molar refractivity (Wildman–Crippen MR) is 94.4 cm³/mol. The van der Waals surface area contributed by atoms with Gasteiger partial charge in [0.15, 0.2) is 5.82 Å². The fourth-order valence-electron chi connectivity index (χ4n) is 2.30. The van der Waals surface area contributed by atoms with E-state index in [0.717, 1.165) is 5.56 Å². The van der Waals surface area contributed by atoms with Crippen LogP contribution in [0.2, 0.25) is 0 Å². The number of carbonyl (C=O) groups is 2. The quantitative estimate of drug-likeness (QED) is 0.553. The molecule has 0 saturated carbocycles. The van der Waals surface area contributed by atoms with Crippen molar-refractivity contribution < 1.29 is 19.1 Å². The summed E-state index contributed by atoms with van der Waals surface area (Å²) in [7, 11) is 0. The number of amides is 1. The standard InChI is InChI=1S/C18H24N4O4/c1-18(2,3)26-17(24)19-14(11-13-7-5-4-6-8-13)16-20-15(21-22-16)9-10-25-12-23/h4-8,12,14H,9-11H2,1-3H3,(H,19,24)(H,20,21,22). The Bertz CT molecular complexity index is 709. The summed E-state index contributed by atoms with van der Waals surface area (Å²) in [4.78, 5) is 25.5. The fourth-order valence-corrected chi connectivity index (χ4v) is 2.30. The van der Waals surface area contributed by atoms with Crippen LogP contribution in [0.25, 0.3) is 0 Å². The van der Waals surface area contributed by atoms with Gasteiger partial charge in [-0.2, -0.15) is 0 Å². The molecule has 0 aliphatic heterocycles. The van der Waals surface area contributed by atoms with Crippen molar-refractivity contribution >= 4 is 12.6 Å². The highest BCUT2D eigenvalue weighted by molar-refractivity contribution is 5.68. The molecule has 0 spiro atoms. The second kappa shape index (κ2) is 8.98. The molecular weight excluding hydrogens is 336 g/mol. The lowest BCUT2D eigenvalue weighted by atomic mass is 10.1. The van der Waals surface area contributed by atoms with Crippen LogP contribution >= 0.6 is 0 Å². The summed E-state index contributed by atoms with van der Waals surface area (Å²) in [6.07, 6.45) is 0.413. The minimum absolute atomic E-state index is 0.209. The van der Waals surface area contributed by atoms with E-state index in [9.17, 15) is 9.59 Å². The number of ether oxygens (including phenoxy) is 2. The van der Waals surface area contributed by atoms with Gasteiger partial charge < -0.3 is 19.8 Å². The van der Waals surface area contributed by atoms with Gasteiger partial charge >= 0.3 is 6.09 Å². The number of carbonyl (C=O) groups excluding carboxylic acids is 2. The van der Waals surface area contributed by atoms with Crippen LogP contribution in [-0.2, 0) is 27.1 Å². The monoisotopic (exact) mass is 360 g/mol. The smallest absolute Gasteiger partial charge is 0.408 e. The molecule has 0 aliphatic carbocycles. The van der Waals surface area contributed by atoms with Crippen LogP contribution < -0.4 is 5.32 Å². The summed E-state index contributed by atoms with van der Waals surface area (Å²) in [6, 6.07) is 9.31. The van der Waals surface area contributed by atoms with Gasteiger partial charge in [0.1, 0.15) is 11.4 Å². The third-order valence-corrected chi connectivity index (χ3v) is 3.38. The van der Waals surface area contributed by atoms with Crippen LogP contribution in [0.1, 0.15) is 44.0 Å². The first-order chi connectivity index (χ1) is 12.4. The Kier molecular flexibility index (Phi) is 6.71.